The predicted octanol–water partition coefficient (Wildman–Crippen LogP) is 1.80. The number of aromatic nitrogens is 1. The Hall–Kier alpha value is -2.95. The van der Waals surface area contributed by atoms with E-state index in [-0.39, 0.29) is 30.1 Å². The number of aliphatic hydroxyl groups is 1. The van der Waals surface area contributed by atoms with E-state index in [2.05, 4.69) is 10.3 Å². The Morgan fingerprint density at radius 3 is 2.70 bits per heavy atom. The third-order valence-corrected chi connectivity index (χ3v) is 4.07. The Balaban J connectivity index is 2.09. The van der Waals surface area contributed by atoms with E-state index in [1.54, 1.807) is 6.07 Å². The second kappa shape index (κ2) is 8.62. The first-order chi connectivity index (χ1) is 12.8. The van der Waals surface area contributed by atoms with Gasteiger partial charge >= 0.3 is 0 Å². The number of nitriles is 1. The fourth-order valence-electron chi connectivity index (χ4n) is 2.32. The van der Waals surface area contributed by atoms with E-state index in [0.29, 0.717) is 16.1 Å². The van der Waals surface area contributed by atoms with Gasteiger partial charge in [0, 0.05) is 29.6 Å². The van der Waals surface area contributed by atoms with E-state index in [1.807, 2.05) is 6.07 Å². The van der Waals surface area contributed by atoms with Crippen LogP contribution < -0.4 is 5.32 Å². The van der Waals surface area contributed by atoms with Gasteiger partial charge in [-0.25, -0.2) is 0 Å². The first kappa shape index (κ1) is 20.4. The minimum atomic E-state index is -1.42. The van der Waals surface area contributed by atoms with Crippen molar-refractivity contribution in [2.75, 3.05) is 6.61 Å². The Labute approximate surface area is 161 Å². The largest absolute Gasteiger partial charge is 0.508 e. The van der Waals surface area contributed by atoms with Crippen LogP contribution in [0.5, 0.6) is 5.75 Å². The fraction of sp³-hybridized carbons (Fsp3) is 0.263. The standard InChI is InChI=1S/C19H18ClN3O4/c1-19(10-21,11-24)23-18(27)16-7-12(4-5-22-16)6-15(25)9-13-8-14(20)2-3-17(13)26/h2-5,7-8,24,26H,6,9,11H2,1H3,(H,23,27)/t19-/m1/s1. The molecule has 0 saturated heterocycles. The van der Waals surface area contributed by atoms with Crippen LogP contribution in [0.1, 0.15) is 28.5 Å². The summed E-state index contributed by atoms with van der Waals surface area (Å²) in [5.74, 6) is -0.820. The van der Waals surface area contributed by atoms with Gasteiger partial charge in [-0.05, 0) is 42.8 Å². The molecule has 0 bridgehead atoms. The van der Waals surface area contributed by atoms with Crippen LogP contribution in [0, 0.1) is 11.3 Å². The molecule has 0 aliphatic rings. The number of rotatable bonds is 7. The smallest absolute Gasteiger partial charge is 0.271 e. The summed E-state index contributed by atoms with van der Waals surface area (Å²) in [6.45, 7) is 0.840. The van der Waals surface area contributed by atoms with Gasteiger partial charge in [-0.15, -0.1) is 0 Å². The molecular weight excluding hydrogens is 370 g/mol. The number of nitrogens with one attached hydrogen (secondary N) is 1. The molecule has 1 aromatic carbocycles. The van der Waals surface area contributed by atoms with Crippen LogP contribution in [0.25, 0.3) is 0 Å². The summed E-state index contributed by atoms with van der Waals surface area (Å²) < 4.78 is 0. The fourth-order valence-corrected chi connectivity index (χ4v) is 2.52. The van der Waals surface area contributed by atoms with Crippen molar-refractivity contribution in [1.82, 2.24) is 10.3 Å². The predicted molar refractivity (Wildman–Crippen MR) is 98.3 cm³/mol. The van der Waals surface area contributed by atoms with E-state index in [0.717, 1.165) is 0 Å². The molecule has 0 aliphatic carbocycles. The number of carbonyl (C=O) groups excluding carboxylic acids is 2. The SMILES string of the molecule is C[C@@](C#N)(CO)NC(=O)c1cc(CC(=O)Cc2cc(Cl)ccc2O)ccn1. The number of aliphatic hydroxyl groups excluding tert-OH is 1. The number of pyridine rings is 1. The van der Waals surface area contributed by atoms with Gasteiger partial charge in [-0.3, -0.25) is 14.6 Å². The molecule has 27 heavy (non-hydrogen) atoms. The molecule has 1 aromatic heterocycles. The molecule has 1 atom stereocenters. The number of phenolic OH excluding ortho intramolecular Hbond substituents is 1. The zero-order valence-corrected chi connectivity index (χ0v) is 15.3. The molecule has 0 saturated carbocycles. The first-order valence-electron chi connectivity index (χ1n) is 8.05. The van der Waals surface area contributed by atoms with E-state index in [1.165, 1.54) is 37.4 Å². The van der Waals surface area contributed by atoms with Crippen molar-refractivity contribution in [3.63, 3.8) is 0 Å². The zero-order chi connectivity index (χ0) is 20.0. The molecule has 140 valence electrons. The molecule has 0 fully saturated rings. The molecule has 2 rings (SSSR count). The lowest BCUT2D eigenvalue weighted by atomic mass is 10.0. The Morgan fingerprint density at radius 1 is 1.30 bits per heavy atom. The molecule has 8 heteroatoms. The van der Waals surface area contributed by atoms with Crippen molar-refractivity contribution in [3.8, 4) is 11.8 Å². The van der Waals surface area contributed by atoms with Crippen molar-refractivity contribution >= 4 is 23.3 Å². The lowest BCUT2D eigenvalue weighted by Gasteiger charge is -2.20. The van der Waals surface area contributed by atoms with Gasteiger partial charge < -0.3 is 15.5 Å². The maximum atomic E-state index is 12.3. The van der Waals surface area contributed by atoms with Gasteiger partial charge in [-0.2, -0.15) is 5.26 Å². The normalized spacial score (nSPS) is 12.7. The number of ketones is 1. The lowest BCUT2D eigenvalue weighted by molar-refractivity contribution is -0.117. The van der Waals surface area contributed by atoms with Gasteiger partial charge in [0.25, 0.3) is 5.91 Å². The molecule has 3 N–H and O–H groups in total. The molecule has 1 heterocycles. The van der Waals surface area contributed by atoms with E-state index >= 15 is 0 Å². The van der Waals surface area contributed by atoms with Crippen molar-refractivity contribution in [3.05, 3.63) is 58.4 Å². The molecule has 0 radical (unpaired) electrons. The number of aromatic hydroxyl groups is 1. The maximum absolute atomic E-state index is 12.3. The highest BCUT2D eigenvalue weighted by molar-refractivity contribution is 6.30. The molecular formula is C19H18ClN3O4. The van der Waals surface area contributed by atoms with Gasteiger partial charge in [-0.1, -0.05) is 11.6 Å². The van der Waals surface area contributed by atoms with Crippen LogP contribution in [-0.2, 0) is 17.6 Å². The summed E-state index contributed by atoms with van der Waals surface area (Å²) in [4.78, 5) is 28.5. The third-order valence-electron chi connectivity index (χ3n) is 3.84. The molecule has 1 amide bonds. The molecule has 0 unspecified atom stereocenters. The minimum Gasteiger partial charge on any atom is -0.508 e. The van der Waals surface area contributed by atoms with Crippen molar-refractivity contribution in [2.24, 2.45) is 0 Å². The lowest BCUT2D eigenvalue weighted by Crippen LogP contribution is -2.48. The Kier molecular flexibility index (Phi) is 6.50. The van der Waals surface area contributed by atoms with Crippen LogP contribution in [0.4, 0.5) is 0 Å². The number of carbonyl (C=O) groups is 2. The average Bonchev–Trinajstić information content (AvgIpc) is 2.64. The van der Waals surface area contributed by atoms with Crippen molar-refractivity contribution in [1.29, 1.82) is 5.26 Å². The summed E-state index contributed by atoms with van der Waals surface area (Å²) in [5, 5.41) is 30.8. The molecule has 0 spiro atoms. The highest BCUT2D eigenvalue weighted by Gasteiger charge is 2.26. The molecule has 2 aromatic rings. The number of Topliss-reactive ketones (excluding diaryl/α,β-unsaturated/α-hetero) is 1. The van der Waals surface area contributed by atoms with Crippen LogP contribution >= 0.6 is 11.6 Å². The number of nitrogens with zero attached hydrogens (tertiary/aromatic N) is 2. The van der Waals surface area contributed by atoms with Gasteiger partial charge in [0.05, 0.1) is 12.7 Å². The van der Waals surface area contributed by atoms with Crippen molar-refractivity contribution in [2.45, 2.75) is 25.3 Å². The second-order valence-corrected chi connectivity index (χ2v) is 6.71. The van der Waals surface area contributed by atoms with Crippen LogP contribution in [0.15, 0.2) is 36.5 Å². The summed E-state index contributed by atoms with van der Waals surface area (Å²) >= 11 is 5.88. The van der Waals surface area contributed by atoms with Crippen LogP contribution in [0.2, 0.25) is 5.02 Å². The summed E-state index contributed by atoms with van der Waals surface area (Å²) in [6.07, 6.45) is 1.41. The van der Waals surface area contributed by atoms with E-state index in [9.17, 15) is 19.8 Å². The number of hydrogen-bond acceptors (Lipinski definition) is 6. The number of benzene rings is 1. The molecule has 0 aliphatic heterocycles. The van der Waals surface area contributed by atoms with Gasteiger partial charge in [0.15, 0.2) is 0 Å². The quantitative estimate of drug-likeness (QED) is 0.665. The highest BCUT2D eigenvalue weighted by Crippen LogP contribution is 2.22. The van der Waals surface area contributed by atoms with E-state index in [4.69, 9.17) is 16.9 Å². The van der Waals surface area contributed by atoms with E-state index < -0.39 is 18.1 Å². The minimum absolute atomic E-state index is 0.00668. The maximum Gasteiger partial charge on any atom is 0.271 e. The summed E-state index contributed by atoms with van der Waals surface area (Å²) in [5.41, 5.74) is -0.410. The Morgan fingerprint density at radius 2 is 2.04 bits per heavy atom. The number of phenols is 1. The number of halogens is 1. The zero-order valence-electron chi connectivity index (χ0n) is 14.6. The number of amides is 1. The second-order valence-electron chi connectivity index (χ2n) is 6.27. The Bertz CT molecular complexity index is 910. The van der Waals surface area contributed by atoms with Gasteiger partial charge in [0.1, 0.15) is 22.8 Å². The highest BCUT2D eigenvalue weighted by atomic mass is 35.5. The average molecular weight is 388 g/mol. The monoisotopic (exact) mass is 387 g/mol. The van der Waals surface area contributed by atoms with Gasteiger partial charge in [0.2, 0.25) is 0 Å². The van der Waals surface area contributed by atoms with Crippen molar-refractivity contribution < 1.29 is 19.8 Å². The first-order valence-corrected chi connectivity index (χ1v) is 8.43. The topological polar surface area (TPSA) is 123 Å². The van der Waals surface area contributed by atoms with Crippen LogP contribution in [-0.4, -0.2) is 39.0 Å². The van der Waals surface area contributed by atoms with Crippen LogP contribution in [0.3, 0.4) is 0 Å². The summed E-state index contributed by atoms with van der Waals surface area (Å²) in [7, 11) is 0. The third kappa shape index (κ3) is 5.51. The molecule has 7 nitrogen and oxygen atoms in total. The summed E-state index contributed by atoms with van der Waals surface area (Å²) in [6, 6.07) is 9.34. The number of hydrogen-bond donors (Lipinski definition) is 3.